The van der Waals surface area contributed by atoms with Crippen LogP contribution in [0.3, 0.4) is 0 Å². The van der Waals surface area contributed by atoms with Crippen molar-refractivity contribution in [1.29, 1.82) is 0 Å². The molecular weight excluding hydrogens is 234 g/mol. The monoisotopic (exact) mass is 269 g/mol. The number of hydrogen-bond acceptors (Lipinski definition) is 2. The van der Waals surface area contributed by atoms with E-state index in [-0.39, 0.29) is 5.60 Å². The summed E-state index contributed by atoms with van der Waals surface area (Å²) in [5, 5.41) is 3.55. The predicted molar refractivity (Wildman–Crippen MR) is 83.7 cm³/mol. The second-order valence-electron chi connectivity index (χ2n) is 6.10. The summed E-state index contributed by atoms with van der Waals surface area (Å²) in [5.74, 6) is 0. The second-order valence-corrected chi connectivity index (χ2v) is 6.10. The molecule has 1 aliphatic carbocycles. The fourth-order valence-corrected chi connectivity index (χ4v) is 3.65. The van der Waals surface area contributed by atoms with Crippen LogP contribution in [0.2, 0.25) is 0 Å². The van der Waals surface area contributed by atoms with Crippen molar-refractivity contribution in [3.05, 3.63) is 0 Å². The highest BCUT2D eigenvalue weighted by Crippen LogP contribution is 2.37. The lowest BCUT2D eigenvalue weighted by Gasteiger charge is -2.37. The zero-order valence-electron chi connectivity index (χ0n) is 13.5. The first-order chi connectivity index (χ1) is 9.29. The van der Waals surface area contributed by atoms with Crippen LogP contribution in [-0.2, 0) is 4.74 Å². The van der Waals surface area contributed by atoms with Gasteiger partial charge in [-0.25, -0.2) is 0 Å². The predicted octanol–water partition coefficient (Wildman–Crippen LogP) is 4.67. The van der Waals surface area contributed by atoms with Crippen molar-refractivity contribution in [2.45, 2.75) is 96.1 Å². The van der Waals surface area contributed by atoms with E-state index >= 15 is 0 Å². The zero-order chi connectivity index (χ0) is 14.0. The van der Waals surface area contributed by atoms with Crippen LogP contribution in [0.1, 0.15) is 84.5 Å². The molecule has 0 heterocycles. The van der Waals surface area contributed by atoms with E-state index in [0.717, 1.165) is 6.61 Å². The van der Waals surface area contributed by atoms with Gasteiger partial charge in [0.25, 0.3) is 0 Å². The molecule has 0 aromatic carbocycles. The molecule has 1 fully saturated rings. The summed E-state index contributed by atoms with van der Waals surface area (Å²) in [6.45, 7) is 5.27. The maximum absolute atomic E-state index is 6.18. The van der Waals surface area contributed by atoms with Gasteiger partial charge in [0.2, 0.25) is 0 Å². The molecule has 0 aromatic heterocycles. The third kappa shape index (κ3) is 5.43. The van der Waals surface area contributed by atoms with Crippen molar-refractivity contribution in [3.8, 4) is 0 Å². The number of nitrogens with one attached hydrogen (secondary N) is 1. The molecular formula is C17H35NO. The Hall–Kier alpha value is -0.0800. The Morgan fingerprint density at radius 1 is 1.00 bits per heavy atom. The molecule has 0 radical (unpaired) electrons. The van der Waals surface area contributed by atoms with Gasteiger partial charge in [-0.1, -0.05) is 58.3 Å². The molecule has 1 rings (SSSR count). The van der Waals surface area contributed by atoms with Gasteiger partial charge in [-0.2, -0.15) is 0 Å². The number of likely N-dealkylation sites (N-methyl/N-ethyl adjacent to an activating group) is 1. The first kappa shape index (κ1) is 17.0. The number of ether oxygens (including phenoxy) is 1. The van der Waals surface area contributed by atoms with Crippen LogP contribution in [0.15, 0.2) is 0 Å². The van der Waals surface area contributed by atoms with Crippen LogP contribution in [0.5, 0.6) is 0 Å². The van der Waals surface area contributed by atoms with Crippen LogP contribution in [0.4, 0.5) is 0 Å². The molecule has 2 heteroatoms. The number of rotatable bonds is 11. The molecule has 1 N–H and O–H groups in total. The van der Waals surface area contributed by atoms with Crippen LogP contribution in [0.25, 0.3) is 0 Å². The third-order valence-corrected chi connectivity index (χ3v) is 4.71. The van der Waals surface area contributed by atoms with Gasteiger partial charge in [0, 0.05) is 12.6 Å². The largest absolute Gasteiger partial charge is 0.374 e. The van der Waals surface area contributed by atoms with E-state index in [2.05, 4.69) is 26.2 Å². The molecule has 19 heavy (non-hydrogen) atoms. The van der Waals surface area contributed by atoms with Crippen molar-refractivity contribution in [3.63, 3.8) is 0 Å². The summed E-state index contributed by atoms with van der Waals surface area (Å²) >= 11 is 0. The van der Waals surface area contributed by atoms with Crippen LogP contribution < -0.4 is 5.32 Å². The van der Waals surface area contributed by atoms with Crippen LogP contribution in [0, 0.1) is 0 Å². The second kappa shape index (κ2) is 9.77. The van der Waals surface area contributed by atoms with Gasteiger partial charge in [-0.05, 0) is 33.2 Å². The minimum Gasteiger partial charge on any atom is -0.374 e. The fourth-order valence-electron chi connectivity index (χ4n) is 3.65. The molecule has 1 unspecified atom stereocenters. The van der Waals surface area contributed by atoms with Gasteiger partial charge in [-0.3, -0.25) is 0 Å². The van der Waals surface area contributed by atoms with Gasteiger partial charge in [0.05, 0.1) is 5.60 Å². The summed E-state index contributed by atoms with van der Waals surface area (Å²) in [5.41, 5.74) is 0.146. The minimum absolute atomic E-state index is 0.146. The van der Waals surface area contributed by atoms with Crippen molar-refractivity contribution >= 4 is 0 Å². The highest BCUT2D eigenvalue weighted by atomic mass is 16.5. The summed E-state index contributed by atoms with van der Waals surface area (Å²) in [4.78, 5) is 0. The Labute approximate surface area is 120 Å². The fraction of sp³-hybridized carbons (Fsp3) is 1.00. The van der Waals surface area contributed by atoms with E-state index in [1.54, 1.807) is 0 Å². The molecule has 0 bridgehead atoms. The SMILES string of the molecule is CCCCCCCCC(NC)C1(OCC)CCCC1. The van der Waals surface area contributed by atoms with Gasteiger partial charge < -0.3 is 10.1 Å². The Balaban J connectivity index is 2.30. The number of unbranched alkanes of at least 4 members (excludes halogenated alkanes) is 5. The normalized spacial score (nSPS) is 19.7. The molecule has 114 valence electrons. The Bertz CT molecular complexity index is 211. The van der Waals surface area contributed by atoms with E-state index in [1.165, 1.54) is 70.6 Å². The van der Waals surface area contributed by atoms with Crippen molar-refractivity contribution < 1.29 is 4.74 Å². The molecule has 1 saturated carbocycles. The van der Waals surface area contributed by atoms with Crippen molar-refractivity contribution in [2.75, 3.05) is 13.7 Å². The highest BCUT2D eigenvalue weighted by molar-refractivity contribution is 4.96. The zero-order valence-corrected chi connectivity index (χ0v) is 13.5. The molecule has 1 aliphatic rings. The van der Waals surface area contributed by atoms with Gasteiger partial charge in [0.15, 0.2) is 0 Å². The molecule has 0 spiro atoms. The lowest BCUT2D eigenvalue weighted by molar-refractivity contribution is -0.0620. The molecule has 0 aliphatic heterocycles. The first-order valence-corrected chi connectivity index (χ1v) is 8.60. The van der Waals surface area contributed by atoms with Crippen molar-refractivity contribution in [2.24, 2.45) is 0 Å². The lowest BCUT2D eigenvalue weighted by Crippen LogP contribution is -2.49. The Morgan fingerprint density at radius 3 is 2.21 bits per heavy atom. The Morgan fingerprint density at radius 2 is 1.63 bits per heavy atom. The first-order valence-electron chi connectivity index (χ1n) is 8.60. The summed E-state index contributed by atoms with van der Waals surface area (Å²) in [6, 6.07) is 0.557. The summed E-state index contributed by atoms with van der Waals surface area (Å²) < 4.78 is 6.18. The molecule has 0 aromatic rings. The molecule has 0 saturated heterocycles. The van der Waals surface area contributed by atoms with Crippen LogP contribution >= 0.6 is 0 Å². The topological polar surface area (TPSA) is 21.3 Å². The summed E-state index contributed by atoms with van der Waals surface area (Å²) in [6.07, 6.45) is 14.8. The van der Waals surface area contributed by atoms with Gasteiger partial charge >= 0.3 is 0 Å². The highest BCUT2D eigenvalue weighted by Gasteiger charge is 2.40. The molecule has 1 atom stereocenters. The van der Waals surface area contributed by atoms with E-state index in [4.69, 9.17) is 4.74 Å². The number of hydrogen-bond donors (Lipinski definition) is 1. The van der Waals surface area contributed by atoms with Crippen molar-refractivity contribution in [1.82, 2.24) is 5.32 Å². The lowest BCUT2D eigenvalue weighted by atomic mass is 9.88. The maximum atomic E-state index is 6.18. The van der Waals surface area contributed by atoms with Gasteiger partial charge in [0.1, 0.15) is 0 Å². The van der Waals surface area contributed by atoms with E-state index in [0.29, 0.717) is 6.04 Å². The molecule has 0 amide bonds. The van der Waals surface area contributed by atoms with E-state index < -0.39 is 0 Å². The smallest absolute Gasteiger partial charge is 0.0834 e. The van der Waals surface area contributed by atoms with Crippen LogP contribution in [-0.4, -0.2) is 25.3 Å². The summed E-state index contributed by atoms with van der Waals surface area (Å²) in [7, 11) is 2.11. The maximum Gasteiger partial charge on any atom is 0.0834 e. The van der Waals surface area contributed by atoms with E-state index in [1.807, 2.05) is 0 Å². The van der Waals surface area contributed by atoms with E-state index in [9.17, 15) is 0 Å². The minimum atomic E-state index is 0.146. The van der Waals surface area contributed by atoms with Gasteiger partial charge in [-0.15, -0.1) is 0 Å². The Kier molecular flexibility index (Phi) is 8.72. The molecule has 2 nitrogen and oxygen atoms in total. The average molecular weight is 269 g/mol. The standard InChI is InChI=1S/C17H35NO/c1-4-6-7-8-9-10-13-16(18-3)17(19-5-2)14-11-12-15-17/h16,18H,4-15H2,1-3H3. The third-order valence-electron chi connectivity index (χ3n) is 4.71. The average Bonchev–Trinajstić information content (AvgIpc) is 2.88. The quantitative estimate of drug-likeness (QED) is 0.550.